The number of aromatic nitrogens is 4. The zero-order valence-electron chi connectivity index (χ0n) is 8.01. The van der Waals surface area contributed by atoms with Gasteiger partial charge in [0.15, 0.2) is 12.1 Å². The molecule has 0 aliphatic heterocycles. The number of nitrogens with zero attached hydrogens (tertiary/aromatic N) is 4. The third-order valence-corrected chi connectivity index (χ3v) is 2.00. The second kappa shape index (κ2) is 3.10. The fraction of sp³-hybridized carbons (Fsp3) is 0.222. The van der Waals surface area contributed by atoms with Crippen LogP contribution in [0, 0.1) is 6.92 Å². The lowest BCUT2D eigenvalue weighted by atomic mass is 10.4. The Morgan fingerprint density at radius 2 is 2.29 bits per heavy atom. The Morgan fingerprint density at radius 3 is 2.86 bits per heavy atom. The van der Waals surface area contributed by atoms with Gasteiger partial charge in [-0.1, -0.05) is 0 Å². The van der Waals surface area contributed by atoms with Crippen molar-refractivity contribution in [2.75, 3.05) is 0 Å². The summed E-state index contributed by atoms with van der Waals surface area (Å²) in [4.78, 5) is 10.7. The first-order valence-electron chi connectivity index (χ1n) is 4.22. The van der Waals surface area contributed by atoms with Gasteiger partial charge in [0.1, 0.15) is 0 Å². The quantitative estimate of drug-likeness (QED) is 0.656. The van der Waals surface area contributed by atoms with Crippen molar-refractivity contribution < 1.29 is 4.79 Å². The molecule has 0 fully saturated rings. The fourth-order valence-electron chi connectivity index (χ4n) is 1.34. The number of carbonyl (C=O) groups excluding carboxylic acids is 1. The second-order valence-corrected chi connectivity index (χ2v) is 3.07. The predicted molar refractivity (Wildman–Crippen MR) is 50.5 cm³/mol. The molecule has 2 aromatic heterocycles. The second-order valence-electron chi connectivity index (χ2n) is 3.07. The first-order valence-corrected chi connectivity index (χ1v) is 4.22. The van der Waals surface area contributed by atoms with Crippen LogP contribution in [0.5, 0.6) is 0 Å². The first-order chi connectivity index (χ1) is 6.72. The highest BCUT2D eigenvalue weighted by molar-refractivity contribution is 5.79. The lowest BCUT2D eigenvalue weighted by molar-refractivity contribution is 0.112. The molecule has 0 saturated carbocycles. The van der Waals surface area contributed by atoms with E-state index in [-0.39, 0.29) is 0 Å². The topological polar surface area (TPSA) is 52.7 Å². The molecule has 0 N–H and O–H groups in total. The number of carbonyl (C=O) groups is 1. The maximum Gasteiger partial charge on any atom is 0.162 e. The van der Waals surface area contributed by atoms with Gasteiger partial charge >= 0.3 is 0 Å². The highest BCUT2D eigenvalue weighted by Gasteiger charge is 2.09. The number of aryl methyl sites for hydroxylation is 2. The molecule has 0 saturated heterocycles. The Kier molecular flexibility index (Phi) is 1.92. The molecule has 2 rings (SSSR count). The van der Waals surface area contributed by atoms with Crippen molar-refractivity contribution in [2.24, 2.45) is 7.05 Å². The zero-order chi connectivity index (χ0) is 10.1. The van der Waals surface area contributed by atoms with E-state index in [0.29, 0.717) is 11.4 Å². The lowest BCUT2D eigenvalue weighted by Gasteiger charge is -2.01. The summed E-state index contributed by atoms with van der Waals surface area (Å²) in [5.41, 5.74) is 1.44. The van der Waals surface area contributed by atoms with Crippen molar-refractivity contribution >= 4 is 6.29 Å². The minimum atomic E-state index is 0.538. The normalized spacial score (nSPS) is 10.4. The van der Waals surface area contributed by atoms with E-state index in [4.69, 9.17) is 0 Å². The molecule has 0 unspecified atom stereocenters. The first kappa shape index (κ1) is 8.68. The largest absolute Gasteiger partial charge is 0.298 e. The van der Waals surface area contributed by atoms with E-state index in [2.05, 4.69) is 10.2 Å². The molecular weight excluding hydrogens is 180 g/mol. The Morgan fingerprint density at radius 1 is 1.50 bits per heavy atom. The Bertz CT molecular complexity index is 469. The maximum absolute atomic E-state index is 10.7. The summed E-state index contributed by atoms with van der Waals surface area (Å²) in [6.45, 7) is 1.90. The Balaban J connectivity index is 2.59. The summed E-state index contributed by atoms with van der Waals surface area (Å²) in [7, 11) is 1.78. The molecule has 0 aliphatic rings. The van der Waals surface area contributed by atoms with E-state index in [1.165, 1.54) is 6.20 Å². The van der Waals surface area contributed by atoms with Crippen LogP contribution < -0.4 is 0 Å². The van der Waals surface area contributed by atoms with Crippen LogP contribution in [0.15, 0.2) is 18.5 Å². The van der Waals surface area contributed by atoms with Gasteiger partial charge in [-0.05, 0) is 13.0 Å². The Hall–Kier alpha value is -1.91. The van der Waals surface area contributed by atoms with E-state index in [1.807, 2.05) is 13.0 Å². The molecule has 0 atom stereocenters. The molecule has 0 radical (unpaired) electrons. The van der Waals surface area contributed by atoms with Crippen molar-refractivity contribution in [3.63, 3.8) is 0 Å². The van der Waals surface area contributed by atoms with Crippen LogP contribution in [0.2, 0.25) is 0 Å². The summed E-state index contributed by atoms with van der Waals surface area (Å²) >= 11 is 0. The van der Waals surface area contributed by atoms with Crippen molar-refractivity contribution in [3.8, 4) is 5.82 Å². The van der Waals surface area contributed by atoms with Gasteiger partial charge in [-0.2, -0.15) is 10.2 Å². The van der Waals surface area contributed by atoms with E-state index in [0.717, 1.165) is 12.0 Å². The lowest BCUT2D eigenvalue weighted by Crippen LogP contribution is -2.05. The van der Waals surface area contributed by atoms with Crippen LogP contribution >= 0.6 is 0 Å². The van der Waals surface area contributed by atoms with Gasteiger partial charge in [-0.15, -0.1) is 0 Å². The summed E-state index contributed by atoms with van der Waals surface area (Å²) in [6.07, 6.45) is 4.11. The van der Waals surface area contributed by atoms with Crippen molar-refractivity contribution in [1.29, 1.82) is 0 Å². The van der Waals surface area contributed by atoms with Crippen molar-refractivity contribution in [1.82, 2.24) is 19.6 Å². The van der Waals surface area contributed by atoms with Crippen LogP contribution in [0.25, 0.3) is 5.82 Å². The van der Waals surface area contributed by atoms with Gasteiger partial charge in [-0.3, -0.25) is 9.48 Å². The summed E-state index contributed by atoms with van der Waals surface area (Å²) in [5.74, 6) is 0.688. The van der Waals surface area contributed by atoms with E-state index in [1.54, 1.807) is 22.6 Å². The number of rotatable bonds is 2. The predicted octanol–water partition coefficient (Wildman–Crippen LogP) is 0.727. The monoisotopic (exact) mass is 190 g/mol. The van der Waals surface area contributed by atoms with Gasteiger partial charge < -0.3 is 0 Å². The molecule has 2 heterocycles. The average Bonchev–Trinajstić information content (AvgIpc) is 2.71. The van der Waals surface area contributed by atoms with Gasteiger partial charge in [-0.25, -0.2) is 4.68 Å². The highest BCUT2D eigenvalue weighted by atomic mass is 16.1. The van der Waals surface area contributed by atoms with Gasteiger partial charge in [0, 0.05) is 13.2 Å². The standard InChI is InChI=1S/C9H10N4O/c1-7-3-4-13(11-7)9-8(6-14)5-10-12(9)2/h3-6H,1-2H3. The SMILES string of the molecule is Cc1ccn(-c2c(C=O)cnn2C)n1. The maximum atomic E-state index is 10.7. The molecule has 0 spiro atoms. The molecule has 5 heteroatoms. The van der Waals surface area contributed by atoms with Crippen LogP contribution in [0.4, 0.5) is 0 Å². The third-order valence-electron chi connectivity index (χ3n) is 2.00. The zero-order valence-corrected chi connectivity index (χ0v) is 8.01. The molecule has 14 heavy (non-hydrogen) atoms. The molecule has 0 amide bonds. The van der Waals surface area contributed by atoms with Crippen LogP contribution in [0.3, 0.4) is 0 Å². The van der Waals surface area contributed by atoms with Gasteiger partial charge in [0.25, 0.3) is 0 Å². The van der Waals surface area contributed by atoms with Crippen molar-refractivity contribution in [2.45, 2.75) is 6.92 Å². The minimum absolute atomic E-state index is 0.538. The molecule has 2 aromatic rings. The highest BCUT2D eigenvalue weighted by Crippen LogP contribution is 2.10. The fourth-order valence-corrected chi connectivity index (χ4v) is 1.34. The van der Waals surface area contributed by atoms with E-state index >= 15 is 0 Å². The van der Waals surface area contributed by atoms with Crippen LogP contribution in [-0.4, -0.2) is 25.8 Å². The van der Waals surface area contributed by atoms with Crippen LogP contribution in [0.1, 0.15) is 16.1 Å². The van der Waals surface area contributed by atoms with Gasteiger partial charge in [0.05, 0.1) is 17.5 Å². The molecule has 72 valence electrons. The smallest absolute Gasteiger partial charge is 0.162 e. The minimum Gasteiger partial charge on any atom is -0.298 e. The number of aldehydes is 1. The van der Waals surface area contributed by atoms with Crippen molar-refractivity contribution in [3.05, 3.63) is 29.7 Å². The molecule has 0 aromatic carbocycles. The summed E-state index contributed by atoms with van der Waals surface area (Å²) < 4.78 is 3.27. The van der Waals surface area contributed by atoms with Gasteiger partial charge in [0.2, 0.25) is 0 Å². The number of hydrogen-bond acceptors (Lipinski definition) is 3. The molecule has 0 aliphatic carbocycles. The Labute approximate surface area is 81.0 Å². The summed E-state index contributed by atoms with van der Waals surface area (Å²) in [5, 5.41) is 8.22. The average molecular weight is 190 g/mol. The third kappa shape index (κ3) is 1.22. The summed E-state index contributed by atoms with van der Waals surface area (Å²) in [6, 6.07) is 1.88. The molecule has 0 bridgehead atoms. The van der Waals surface area contributed by atoms with E-state index in [9.17, 15) is 4.79 Å². The van der Waals surface area contributed by atoms with Crippen LogP contribution in [-0.2, 0) is 7.05 Å². The van der Waals surface area contributed by atoms with E-state index < -0.39 is 0 Å². The molecule has 5 nitrogen and oxygen atoms in total. The number of hydrogen-bond donors (Lipinski definition) is 0. The molecular formula is C9H10N4O.